The van der Waals surface area contributed by atoms with E-state index in [-0.39, 0.29) is 0 Å². The lowest BCUT2D eigenvalue weighted by Crippen LogP contribution is -2.04. The van der Waals surface area contributed by atoms with Gasteiger partial charge in [-0.15, -0.1) is 0 Å². The fourth-order valence-corrected chi connectivity index (χ4v) is 1.97. The molecule has 0 saturated heterocycles. The maximum absolute atomic E-state index is 9.17. The quantitative estimate of drug-likeness (QED) is 0.830. The Morgan fingerprint density at radius 3 is 1.44 bits per heavy atom. The Morgan fingerprint density at radius 1 is 0.722 bits per heavy atom. The number of hydrogen-bond acceptors (Lipinski definition) is 2. The molecular formula is C13H12O4S. The lowest BCUT2D eigenvalue weighted by atomic mass is 10.3. The van der Waals surface area contributed by atoms with Crippen LogP contribution in [0.15, 0.2) is 60.7 Å². The summed E-state index contributed by atoms with van der Waals surface area (Å²) >= 11 is -1.55. The van der Waals surface area contributed by atoms with Crippen LogP contribution in [0.25, 0.3) is 0 Å². The van der Waals surface area contributed by atoms with Crippen molar-refractivity contribution < 1.29 is 18.6 Å². The smallest absolute Gasteiger partial charge is 0.283 e. The molecule has 94 valence electrons. The maximum Gasteiger partial charge on any atom is 0.283 e. The lowest BCUT2D eigenvalue weighted by Gasteiger charge is -2.11. The van der Waals surface area contributed by atoms with Crippen LogP contribution in [0.5, 0.6) is 11.5 Å². The zero-order chi connectivity index (χ0) is 12.8. The molecule has 0 aliphatic rings. The van der Waals surface area contributed by atoms with Gasteiger partial charge in [0.2, 0.25) is 11.0 Å². The van der Waals surface area contributed by atoms with Gasteiger partial charge in [-0.2, -0.15) is 0 Å². The molecule has 2 aromatic carbocycles. The van der Waals surface area contributed by atoms with Gasteiger partial charge in [0.05, 0.1) is 0 Å². The molecule has 0 aliphatic carbocycles. The van der Waals surface area contributed by atoms with E-state index >= 15 is 0 Å². The van der Waals surface area contributed by atoms with Gasteiger partial charge in [0, 0.05) is 0 Å². The molecule has 2 rings (SSSR count). The van der Waals surface area contributed by atoms with E-state index in [0.717, 1.165) is 0 Å². The van der Waals surface area contributed by atoms with Crippen molar-refractivity contribution in [1.82, 2.24) is 0 Å². The minimum atomic E-state index is -1.55. The van der Waals surface area contributed by atoms with E-state index in [4.69, 9.17) is 18.6 Å². The van der Waals surface area contributed by atoms with E-state index in [9.17, 15) is 0 Å². The molecule has 4 nitrogen and oxygen atoms in total. The van der Waals surface area contributed by atoms with Crippen molar-refractivity contribution in [2.75, 3.05) is 0 Å². The summed E-state index contributed by atoms with van der Waals surface area (Å²) < 4.78 is 10.7. The van der Waals surface area contributed by atoms with Crippen LogP contribution < -0.4 is 8.37 Å². The van der Waals surface area contributed by atoms with Crippen LogP contribution in [0, 0.1) is 0 Å². The van der Waals surface area contributed by atoms with Gasteiger partial charge in [0.1, 0.15) is 11.5 Å². The molecule has 0 bridgehead atoms. The normalized spacial score (nSPS) is 10.2. The minimum absolute atomic E-state index is 0.498. The standard InChI is InChI=1S/C13H12O4S/c14-13(15)18(16-11-7-3-1-4-8-11)17-12-9-5-2-6-10-12/h1-10,14-15H. The second kappa shape index (κ2) is 6.20. The number of hydrogen-bond donors (Lipinski definition) is 2. The van der Waals surface area contributed by atoms with Crippen molar-refractivity contribution in [3.63, 3.8) is 0 Å². The molecule has 0 heterocycles. The van der Waals surface area contributed by atoms with E-state index in [0.29, 0.717) is 11.5 Å². The second-order valence-corrected chi connectivity index (χ2v) is 4.48. The predicted octanol–water partition coefficient (Wildman–Crippen LogP) is 3.45. The van der Waals surface area contributed by atoms with Crippen LogP contribution >= 0.6 is 11.0 Å². The molecule has 2 aromatic rings. The van der Waals surface area contributed by atoms with Crippen molar-refractivity contribution in [2.45, 2.75) is 0 Å². The number of benzene rings is 2. The molecule has 0 aliphatic heterocycles. The molecule has 0 aromatic heterocycles. The van der Waals surface area contributed by atoms with E-state index in [1.54, 1.807) is 48.5 Å². The Labute approximate surface area is 107 Å². The first-order valence-electron chi connectivity index (χ1n) is 5.21. The summed E-state index contributed by atoms with van der Waals surface area (Å²) in [5.74, 6) is 0.995. The van der Waals surface area contributed by atoms with Crippen LogP contribution in [0.3, 0.4) is 0 Å². The average Bonchev–Trinajstić information content (AvgIpc) is 2.40. The van der Waals surface area contributed by atoms with Crippen molar-refractivity contribution in [3.05, 3.63) is 60.7 Å². The molecule has 0 fully saturated rings. The summed E-state index contributed by atoms with van der Waals surface area (Å²) in [6.07, 6.45) is 0. The Bertz CT molecular complexity index is 478. The van der Waals surface area contributed by atoms with E-state index in [1.807, 2.05) is 12.1 Å². The number of rotatable bonds is 4. The van der Waals surface area contributed by atoms with E-state index in [2.05, 4.69) is 0 Å². The van der Waals surface area contributed by atoms with Gasteiger partial charge in [0.15, 0.2) is 0 Å². The highest BCUT2D eigenvalue weighted by molar-refractivity contribution is 8.07. The summed E-state index contributed by atoms with van der Waals surface area (Å²) in [5.41, 5.74) is 0. The zero-order valence-corrected chi connectivity index (χ0v) is 10.2. The highest BCUT2D eigenvalue weighted by atomic mass is 32.2. The monoisotopic (exact) mass is 264 g/mol. The van der Waals surface area contributed by atoms with Crippen molar-refractivity contribution >= 4 is 16.3 Å². The Balaban J connectivity index is 2.14. The van der Waals surface area contributed by atoms with Gasteiger partial charge in [-0.1, -0.05) is 36.4 Å². The Morgan fingerprint density at radius 2 is 1.11 bits per heavy atom. The van der Waals surface area contributed by atoms with Gasteiger partial charge < -0.3 is 18.6 Å². The number of aliphatic hydroxyl groups is 2. The van der Waals surface area contributed by atoms with Crippen LogP contribution in [0.1, 0.15) is 0 Å². The second-order valence-electron chi connectivity index (χ2n) is 3.31. The van der Waals surface area contributed by atoms with Gasteiger partial charge >= 0.3 is 0 Å². The summed E-state index contributed by atoms with van der Waals surface area (Å²) in [7, 11) is 0. The van der Waals surface area contributed by atoms with Gasteiger partial charge in [-0.3, -0.25) is 0 Å². The molecule has 5 heteroatoms. The highest BCUT2D eigenvalue weighted by Crippen LogP contribution is 2.25. The topological polar surface area (TPSA) is 58.9 Å². The van der Waals surface area contributed by atoms with Crippen molar-refractivity contribution in [3.8, 4) is 11.5 Å². The molecule has 0 unspecified atom stereocenters. The average molecular weight is 264 g/mol. The number of para-hydroxylation sites is 2. The van der Waals surface area contributed by atoms with E-state index < -0.39 is 16.3 Å². The molecule has 2 N–H and O–H groups in total. The SMILES string of the molecule is OC(O)=S(Oc1ccccc1)Oc1ccccc1. The van der Waals surface area contributed by atoms with Crippen LogP contribution in [-0.2, 0) is 0 Å². The van der Waals surface area contributed by atoms with Crippen molar-refractivity contribution in [2.24, 2.45) is 0 Å². The third-order valence-corrected chi connectivity index (χ3v) is 2.97. The molecule has 18 heavy (non-hydrogen) atoms. The largest absolute Gasteiger partial charge is 0.397 e. The Hall–Kier alpha value is -1.82. The first-order chi connectivity index (χ1) is 8.75. The number of aliphatic hydroxyl groups excluding tert-OH is 1. The predicted molar refractivity (Wildman–Crippen MR) is 72.0 cm³/mol. The van der Waals surface area contributed by atoms with Crippen LogP contribution in [0.2, 0.25) is 0 Å². The first kappa shape index (κ1) is 12.6. The van der Waals surface area contributed by atoms with Gasteiger partial charge in [-0.05, 0) is 24.3 Å². The van der Waals surface area contributed by atoms with Crippen molar-refractivity contribution in [1.29, 1.82) is 0 Å². The molecular weight excluding hydrogens is 252 g/mol. The summed E-state index contributed by atoms with van der Waals surface area (Å²) in [6, 6.07) is 17.6. The molecule has 0 atom stereocenters. The third-order valence-electron chi connectivity index (χ3n) is 1.98. The summed E-state index contributed by atoms with van der Waals surface area (Å²) in [6.45, 7) is 0. The molecule has 0 radical (unpaired) electrons. The molecule has 0 saturated carbocycles. The minimum Gasteiger partial charge on any atom is -0.397 e. The summed E-state index contributed by atoms with van der Waals surface area (Å²) in [4.78, 5) is 0. The molecule has 0 amide bonds. The van der Waals surface area contributed by atoms with Gasteiger partial charge in [-0.25, -0.2) is 0 Å². The fourth-order valence-electron chi connectivity index (χ4n) is 1.22. The fraction of sp³-hybridized carbons (Fsp3) is 0. The zero-order valence-electron chi connectivity index (χ0n) is 9.39. The van der Waals surface area contributed by atoms with Crippen LogP contribution in [0.4, 0.5) is 0 Å². The highest BCUT2D eigenvalue weighted by Gasteiger charge is 2.07. The summed E-state index contributed by atoms with van der Waals surface area (Å²) in [5, 5.41) is 17.4. The molecule has 0 spiro atoms. The third kappa shape index (κ3) is 3.59. The first-order valence-corrected chi connectivity index (χ1v) is 6.29. The Kier molecular flexibility index (Phi) is 4.35. The lowest BCUT2D eigenvalue weighted by molar-refractivity contribution is 0.376. The van der Waals surface area contributed by atoms with Gasteiger partial charge in [0.25, 0.3) is 5.24 Å². The van der Waals surface area contributed by atoms with E-state index in [1.165, 1.54) is 0 Å². The van der Waals surface area contributed by atoms with Crippen LogP contribution in [-0.4, -0.2) is 15.4 Å². The maximum atomic E-state index is 9.17.